The first-order valence-corrected chi connectivity index (χ1v) is 8.97. The molecular weight excluding hydrogens is 376 g/mol. The Morgan fingerprint density at radius 3 is 2.04 bits per heavy atom. The summed E-state index contributed by atoms with van der Waals surface area (Å²) in [6.45, 7) is 0. The summed E-state index contributed by atoms with van der Waals surface area (Å²) in [5.41, 5.74) is -1.09. The van der Waals surface area contributed by atoms with Gasteiger partial charge < -0.3 is 15.5 Å². The Kier molecular flexibility index (Phi) is 4.60. The van der Waals surface area contributed by atoms with Crippen molar-refractivity contribution in [2.75, 3.05) is 10.0 Å². The molecule has 0 fully saturated rings. The zero-order valence-electron chi connectivity index (χ0n) is 13.6. The van der Waals surface area contributed by atoms with Gasteiger partial charge in [-0.1, -0.05) is 0 Å². The number of nitrogens with one attached hydrogen (secondary N) is 4. The molecule has 0 saturated carbocycles. The molecule has 1 heterocycles. The molecule has 0 atom stereocenters. The van der Waals surface area contributed by atoms with Gasteiger partial charge in [-0.25, -0.2) is 13.2 Å². The van der Waals surface area contributed by atoms with E-state index in [-0.39, 0.29) is 22.2 Å². The summed E-state index contributed by atoms with van der Waals surface area (Å²) in [5.74, 6) is -0.932. The lowest BCUT2D eigenvalue weighted by Gasteiger charge is -2.10. The van der Waals surface area contributed by atoms with Crippen molar-refractivity contribution in [3.63, 3.8) is 0 Å². The lowest BCUT2D eigenvalue weighted by Crippen LogP contribution is -2.22. The second-order valence-electron chi connectivity index (χ2n) is 5.43. The standard InChI is InChI=1S/C16H14N4O6S/c21-11-5-7-12(8-6-11)27(25,26)20-10-3-1-9(2-4-10)17-14-13(22)15(23)19-16(24)18-14/h1-8,20-22H,(H3,17,18,19,23,24). The van der Waals surface area contributed by atoms with E-state index < -0.39 is 27.0 Å². The van der Waals surface area contributed by atoms with Crippen molar-refractivity contribution in [3.8, 4) is 11.5 Å². The normalized spacial score (nSPS) is 11.1. The fraction of sp³-hybridized carbons (Fsp3) is 0. The van der Waals surface area contributed by atoms with Gasteiger partial charge in [0.25, 0.3) is 15.6 Å². The number of rotatable bonds is 5. The topological polar surface area (TPSA) is 164 Å². The van der Waals surface area contributed by atoms with E-state index in [9.17, 15) is 28.2 Å². The Balaban J connectivity index is 1.79. The first-order chi connectivity index (χ1) is 12.7. The second kappa shape index (κ2) is 6.88. The number of anilines is 3. The number of aromatic amines is 2. The number of H-pyrrole nitrogens is 2. The Bertz CT molecular complexity index is 1180. The van der Waals surface area contributed by atoms with Gasteiger partial charge in [0.2, 0.25) is 5.75 Å². The molecule has 0 unspecified atom stereocenters. The van der Waals surface area contributed by atoms with Gasteiger partial charge in [0.15, 0.2) is 5.82 Å². The molecule has 11 heteroatoms. The monoisotopic (exact) mass is 390 g/mol. The first kappa shape index (κ1) is 18.1. The highest BCUT2D eigenvalue weighted by molar-refractivity contribution is 7.92. The van der Waals surface area contributed by atoms with Crippen LogP contribution in [-0.4, -0.2) is 28.6 Å². The van der Waals surface area contributed by atoms with Gasteiger partial charge in [0.05, 0.1) is 4.90 Å². The molecule has 140 valence electrons. The van der Waals surface area contributed by atoms with Crippen molar-refractivity contribution < 1.29 is 18.6 Å². The predicted octanol–water partition coefficient (Wildman–Crippen LogP) is 1.02. The van der Waals surface area contributed by atoms with E-state index in [1.165, 1.54) is 48.5 Å². The fourth-order valence-corrected chi connectivity index (χ4v) is 3.23. The molecular formula is C16H14N4O6S. The quantitative estimate of drug-likeness (QED) is 0.378. The minimum absolute atomic E-state index is 0.0199. The average Bonchev–Trinajstić information content (AvgIpc) is 2.61. The number of hydrogen-bond acceptors (Lipinski definition) is 7. The molecule has 0 aliphatic heterocycles. The van der Waals surface area contributed by atoms with Gasteiger partial charge >= 0.3 is 5.69 Å². The van der Waals surface area contributed by atoms with E-state index >= 15 is 0 Å². The van der Waals surface area contributed by atoms with Crippen molar-refractivity contribution in [1.29, 1.82) is 0 Å². The zero-order chi connectivity index (χ0) is 19.6. The van der Waals surface area contributed by atoms with Gasteiger partial charge in [0.1, 0.15) is 5.75 Å². The predicted molar refractivity (Wildman–Crippen MR) is 98.0 cm³/mol. The Morgan fingerprint density at radius 1 is 0.815 bits per heavy atom. The molecule has 0 aliphatic carbocycles. The lowest BCUT2D eigenvalue weighted by atomic mass is 10.3. The molecule has 0 bridgehead atoms. The molecule has 3 aromatic rings. The highest BCUT2D eigenvalue weighted by atomic mass is 32.2. The molecule has 3 rings (SSSR count). The van der Waals surface area contributed by atoms with Crippen LogP contribution in [0.4, 0.5) is 17.2 Å². The Hall–Kier alpha value is -3.73. The van der Waals surface area contributed by atoms with E-state index in [0.29, 0.717) is 5.69 Å². The third-order valence-electron chi connectivity index (χ3n) is 3.47. The van der Waals surface area contributed by atoms with E-state index in [4.69, 9.17) is 0 Å². The van der Waals surface area contributed by atoms with E-state index in [2.05, 4.69) is 15.0 Å². The van der Waals surface area contributed by atoms with Crippen LogP contribution in [0.2, 0.25) is 0 Å². The van der Waals surface area contributed by atoms with Crippen molar-refractivity contribution in [1.82, 2.24) is 9.97 Å². The Morgan fingerprint density at radius 2 is 1.41 bits per heavy atom. The van der Waals surface area contributed by atoms with Gasteiger partial charge in [-0.15, -0.1) is 0 Å². The number of phenols is 1. The second-order valence-corrected chi connectivity index (χ2v) is 7.12. The van der Waals surface area contributed by atoms with Crippen LogP contribution < -0.4 is 21.3 Å². The molecule has 0 aliphatic rings. The molecule has 2 aromatic carbocycles. The highest BCUT2D eigenvalue weighted by Gasteiger charge is 2.14. The summed E-state index contributed by atoms with van der Waals surface area (Å²) >= 11 is 0. The molecule has 1 aromatic heterocycles. The fourth-order valence-electron chi connectivity index (χ4n) is 2.18. The highest BCUT2D eigenvalue weighted by Crippen LogP contribution is 2.23. The van der Waals surface area contributed by atoms with Crippen LogP contribution in [0, 0.1) is 0 Å². The minimum Gasteiger partial charge on any atom is -0.508 e. The van der Waals surface area contributed by atoms with Gasteiger partial charge in [-0.3, -0.25) is 19.5 Å². The van der Waals surface area contributed by atoms with Crippen LogP contribution in [0.25, 0.3) is 0 Å². The van der Waals surface area contributed by atoms with Crippen LogP contribution in [0.15, 0.2) is 63.0 Å². The van der Waals surface area contributed by atoms with Crippen LogP contribution in [-0.2, 0) is 10.0 Å². The van der Waals surface area contributed by atoms with Crippen LogP contribution >= 0.6 is 0 Å². The number of hydrogen-bond donors (Lipinski definition) is 6. The SMILES string of the molecule is O=c1[nH]c(Nc2ccc(NS(=O)(=O)c3ccc(O)cc3)cc2)c(O)c(=O)[nH]1. The average molecular weight is 390 g/mol. The lowest BCUT2D eigenvalue weighted by molar-refractivity contribution is 0.465. The first-order valence-electron chi connectivity index (χ1n) is 7.49. The van der Waals surface area contributed by atoms with Gasteiger partial charge in [-0.2, -0.15) is 0 Å². The number of benzene rings is 2. The summed E-state index contributed by atoms with van der Waals surface area (Å²) in [7, 11) is -3.83. The summed E-state index contributed by atoms with van der Waals surface area (Å²) in [6, 6.07) is 10.9. The third kappa shape index (κ3) is 4.10. The van der Waals surface area contributed by atoms with Gasteiger partial charge in [0, 0.05) is 11.4 Å². The largest absolute Gasteiger partial charge is 0.508 e. The van der Waals surface area contributed by atoms with Crippen LogP contribution in [0.1, 0.15) is 0 Å². The molecule has 0 radical (unpaired) electrons. The van der Waals surface area contributed by atoms with Crippen molar-refractivity contribution >= 4 is 27.2 Å². The summed E-state index contributed by atoms with van der Waals surface area (Å²) in [6.07, 6.45) is 0. The smallest absolute Gasteiger partial charge is 0.327 e. The van der Waals surface area contributed by atoms with E-state index in [1.807, 2.05) is 4.98 Å². The summed E-state index contributed by atoms with van der Waals surface area (Å²) in [4.78, 5) is 26.7. The number of aromatic nitrogens is 2. The minimum atomic E-state index is -3.83. The van der Waals surface area contributed by atoms with E-state index in [1.54, 1.807) is 0 Å². The molecule has 27 heavy (non-hydrogen) atoms. The summed E-state index contributed by atoms with van der Waals surface area (Å²) < 4.78 is 27.0. The Labute approximate surface area is 152 Å². The molecule has 0 spiro atoms. The van der Waals surface area contributed by atoms with Gasteiger partial charge in [-0.05, 0) is 48.5 Å². The molecule has 0 saturated heterocycles. The maximum absolute atomic E-state index is 12.3. The van der Waals surface area contributed by atoms with Crippen LogP contribution in [0.3, 0.4) is 0 Å². The molecule has 0 amide bonds. The molecule has 10 nitrogen and oxygen atoms in total. The van der Waals surface area contributed by atoms with Crippen LogP contribution in [0.5, 0.6) is 11.5 Å². The number of sulfonamides is 1. The zero-order valence-corrected chi connectivity index (χ0v) is 14.4. The van der Waals surface area contributed by atoms with Crippen molar-refractivity contribution in [2.24, 2.45) is 0 Å². The summed E-state index contributed by atoms with van der Waals surface area (Å²) in [5, 5.41) is 21.5. The number of aromatic hydroxyl groups is 2. The maximum atomic E-state index is 12.3. The number of phenolic OH excluding ortho intramolecular Hbond substituents is 1. The third-order valence-corrected chi connectivity index (χ3v) is 4.87. The van der Waals surface area contributed by atoms with Crippen molar-refractivity contribution in [3.05, 3.63) is 69.4 Å². The molecule has 6 N–H and O–H groups in total. The maximum Gasteiger partial charge on any atom is 0.327 e. The van der Waals surface area contributed by atoms with Crippen molar-refractivity contribution in [2.45, 2.75) is 4.90 Å². The van der Waals surface area contributed by atoms with E-state index in [0.717, 1.165) is 0 Å².